The summed E-state index contributed by atoms with van der Waals surface area (Å²) in [5.41, 5.74) is 7.33. The van der Waals surface area contributed by atoms with Gasteiger partial charge in [-0.1, -0.05) is 54.6 Å². The number of carbonyl (C=O) groups is 1. The second-order valence-electron chi connectivity index (χ2n) is 10.4. The highest BCUT2D eigenvalue weighted by Gasteiger charge is 2.44. The quantitative estimate of drug-likeness (QED) is 0.225. The number of benzene rings is 3. The van der Waals surface area contributed by atoms with E-state index in [4.69, 9.17) is 29.4 Å². The maximum Gasteiger partial charge on any atom is 0.351 e. The minimum Gasteiger partial charge on any atom is -0.497 e. The Hall–Kier alpha value is -4.67. The molecule has 1 fully saturated rings. The number of rotatable bonds is 9. The molecule has 0 aliphatic carbocycles. The smallest absolute Gasteiger partial charge is 0.351 e. The van der Waals surface area contributed by atoms with Gasteiger partial charge in [-0.25, -0.2) is 4.79 Å². The van der Waals surface area contributed by atoms with Crippen LogP contribution in [0.5, 0.6) is 11.5 Å². The normalized spacial score (nSPS) is 18.6. The lowest BCUT2D eigenvalue weighted by Gasteiger charge is -2.43. The maximum atomic E-state index is 12.8. The van der Waals surface area contributed by atoms with E-state index in [9.17, 15) is 9.59 Å². The van der Waals surface area contributed by atoms with Crippen molar-refractivity contribution in [3.63, 3.8) is 0 Å². The Morgan fingerprint density at radius 2 is 1.49 bits per heavy atom. The lowest BCUT2D eigenvalue weighted by atomic mass is 9.79. The zero-order valence-corrected chi connectivity index (χ0v) is 24.6. The molecule has 10 heteroatoms. The van der Waals surface area contributed by atoms with Gasteiger partial charge in [0.1, 0.15) is 29.0 Å². The van der Waals surface area contributed by atoms with E-state index < -0.39 is 35.7 Å². The minimum absolute atomic E-state index is 0.110. The fourth-order valence-corrected chi connectivity index (χ4v) is 5.46. The zero-order chi connectivity index (χ0) is 30.6. The number of esters is 1. The molecule has 3 aromatic carbocycles. The van der Waals surface area contributed by atoms with Crippen molar-refractivity contribution in [2.24, 2.45) is 0 Å². The minimum atomic E-state index is -1.10. The number of hydrogen-bond acceptors (Lipinski definition) is 9. The van der Waals surface area contributed by atoms with Gasteiger partial charge in [-0.15, -0.1) is 0 Å². The van der Waals surface area contributed by atoms with Crippen LogP contribution in [0.4, 0.5) is 5.82 Å². The number of methoxy groups -OCH3 is 2. The number of aromatic nitrogens is 2. The van der Waals surface area contributed by atoms with E-state index in [0.29, 0.717) is 17.1 Å². The average molecular weight is 586 g/mol. The summed E-state index contributed by atoms with van der Waals surface area (Å²) in [4.78, 5) is 28.9. The number of nitrogen functional groups attached to an aromatic ring is 1. The predicted molar refractivity (Wildman–Crippen MR) is 160 cm³/mol. The largest absolute Gasteiger partial charge is 0.497 e. The molecule has 0 unspecified atom stereocenters. The molecule has 0 radical (unpaired) electrons. The first-order chi connectivity index (χ1) is 20.7. The summed E-state index contributed by atoms with van der Waals surface area (Å²) in [6.45, 7) is 3.17. The topological polar surface area (TPSA) is 124 Å². The third-order valence-electron chi connectivity index (χ3n) is 7.55. The van der Waals surface area contributed by atoms with Gasteiger partial charge in [0.2, 0.25) is 0 Å². The maximum absolute atomic E-state index is 12.8. The first kappa shape index (κ1) is 29.8. The van der Waals surface area contributed by atoms with Gasteiger partial charge in [-0.05, 0) is 47.9 Å². The number of aryl methyl sites for hydroxylation is 1. The molecule has 10 nitrogen and oxygen atoms in total. The van der Waals surface area contributed by atoms with Gasteiger partial charge in [0.15, 0.2) is 6.23 Å². The van der Waals surface area contributed by atoms with Gasteiger partial charge in [0.25, 0.3) is 0 Å². The first-order valence-electron chi connectivity index (χ1n) is 13.9. The third kappa shape index (κ3) is 6.11. The molecular formula is C33H35N3O7. The highest BCUT2D eigenvalue weighted by atomic mass is 16.6. The Kier molecular flexibility index (Phi) is 8.79. The van der Waals surface area contributed by atoms with Crippen LogP contribution in [0.15, 0.2) is 89.9 Å². The predicted octanol–water partition coefficient (Wildman–Crippen LogP) is 4.38. The molecule has 1 aromatic heterocycles. The summed E-state index contributed by atoms with van der Waals surface area (Å²) in [6, 6.07) is 25.3. The monoisotopic (exact) mass is 585 g/mol. The molecule has 2 heterocycles. The molecule has 2 N–H and O–H groups in total. The number of anilines is 1. The van der Waals surface area contributed by atoms with Crippen LogP contribution in [-0.2, 0) is 24.6 Å². The molecule has 0 bridgehead atoms. The summed E-state index contributed by atoms with van der Waals surface area (Å²) >= 11 is 0. The number of ether oxygens (including phenoxy) is 5. The van der Waals surface area contributed by atoms with Crippen molar-refractivity contribution in [2.45, 2.75) is 44.3 Å². The lowest BCUT2D eigenvalue weighted by molar-refractivity contribution is -0.206. The fraction of sp³-hybridized carbons (Fsp3) is 0.303. The van der Waals surface area contributed by atoms with Crippen LogP contribution in [0.1, 0.15) is 41.8 Å². The van der Waals surface area contributed by atoms with Crippen LogP contribution in [0.25, 0.3) is 0 Å². The standard InChI is InChI=1S/C33H35N3O7/c1-21-19-36(32(38)35-30(21)34)31-29(42-22(2)37)18-28(20-41-31)43-33(23-8-6-5-7-9-23,24-10-14-26(39-3)15-11-24)25-12-16-27(40-4)17-13-25/h5-17,19,28-29,31H,18,20H2,1-4H3,(H2,34,35,38)/t28-,29+,31+/m0/s1. The second kappa shape index (κ2) is 12.7. The number of nitrogens with zero attached hydrogens (tertiary/aromatic N) is 2. The van der Waals surface area contributed by atoms with Crippen LogP contribution in [0, 0.1) is 6.92 Å². The van der Waals surface area contributed by atoms with Crippen LogP contribution >= 0.6 is 0 Å². The van der Waals surface area contributed by atoms with Crippen molar-refractivity contribution in [1.29, 1.82) is 0 Å². The van der Waals surface area contributed by atoms with Gasteiger partial charge in [-0.2, -0.15) is 4.98 Å². The Balaban J connectivity index is 1.60. The molecule has 1 aliphatic heterocycles. The van der Waals surface area contributed by atoms with Crippen molar-refractivity contribution >= 4 is 11.8 Å². The zero-order valence-electron chi connectivity index (χ0n) is 24.6. The molecule has 3 atom stereocenters. The molecule has 4 aromatic rings. The van der Waals surface area contributed by atoms with Crippen molar-refractivity contribution in [1.82, 2.24) is 9.55 Å². The summed E-state index contributed by atoms with van der Waals surface area (Å²) < 4.78 is 31.3. The van der Waals surface area contributed by atoms with Crippen molar-refractivity contribution < 1.29 is 28.5 Å². The highest BCUT2D eigenvalue weighted by Crippen LogP contribution is 2.44. The second-order valence-corrected chi connectivity index (χ2v) is 10.4. The Bertz CT molecular complexity index is 1560. The number of nitrogens with two attached hydrogens (primary N) is 1. The van der Waals surface area contributed by atoms with Gasteiger partial charge >= 0.3 is 11.7 Å². The van der Waals surface area contributed by atoms with Gasteiger partial charge < -0.3 is 29.4 Å². The van der Waals surface area contributed by atoms with Crippen LogP contribution in [0.3, 0.4) is 0 Å². The van der Waals surface area contributed by atoms with Gasteiger partial charge in [-0.3, -0.25) is 9.36 Å². The van der Waals surface area contributed by atoms with E-state index in [1.165, 1.54) is 11.5 Å². The number of carbonyl (C=O) groups excluding carboxylic acids is 1. The molecule has 0 amide bonds. The molecule has 0 spiro atoms. The van der Waals surface area contributed by atoms with Crippen LogP contribution in [0.2, 0.25) is 0 Å². The van der Waals surface area contributed by atoms with E-state index in [0.717, 1.165) is 16.7 Å². The van der Waals surface area contributed by atoms with Crippen molar-refractivity contribution in [2.75, 3.05) is 26.6 Å². The summed E-state index contributed by atoms with van der Waals surface area (Å²) in [5, 5.41) is 0. The third-order valence-corrected chi connectivity index (χ3v) is 7.55. The van der Waals surface area contributed by atoms with Crippen molar-refractivity contribution in [3.8, 4) is 11.5 Å². The highest BCUT2D eigenvalue weighted by molar-refractivity contribution is 5.66. The molecule has 1 saturated heterocycles. The molecule has 0 saturated carbocycles. The fourth-order valence-electron chi connectivity index (χ4n) is 5.46. The van der Waals surface area contributed by atoms with E-state index in [-0.39, 0.29) is 18.8 Å². The first-order valence-corrected chi connectivity index (χ1v) is 13.9. The van der Waals surface area contributed by atoms with Gasteiger partial charge in [0.05, 0.1) is 26.9 Å². The van der Waals surface area contributed by atoms with E-state index in [1.54, 1.807) is 27.3 Å². The Morgan fingerprint density at radius 3 is 2.02 bits per heavy atom. The summed E-state index contributed by atoms with van der Waals surface area (Å²) in [5.74, 6) is 1.04. The molecule has 1 aliphatic rings. The summed E-state index contributed by atoms with van der Waals surface area (Å²) in [7, 11) is 3.24. The average Bonchev–Trinajstić information content (AvgIpc) is 3.02. The van der Waals surface area contributed by atoms with Crippen LogP contribution in [-0.4, -0.2) is 48.6 Å². The molecule has 5 rings (SSSR count). The molecule has 224 valence electrons. The van der Waals surface area contributed by atoms with E-state index in [1.807, 2.05) is 78.9 Å². The molecular weight excluding hydrogens is 550 g/mol. The SMILES string of the molecule is COc1ccc(C(O[C@@H]2CO[C@@H](n3cc(C)c(N)nc3=O)[C@H](OC(C)=O)C2)(c2ccccc2)c2ccc(OC)cc2)cc1. The lowest BCUT2D eigenvalue weighted by Crippen LogP contribution is -2.48. The number of hydrogen-bond donors (Lipinski definition) is 1. The molecule has 43 heavy (non-hydrogen) atoms. The van der Waals surface area contributed by atoms with Crippen LogP contribution < -0.4 is 20.9 Å². The van der Waals surface area contributed by atoms with E-state index in [2.05, 4.69) is 4.98 Å². The van der Waals surface area contributed by atoms with Gasteiger partial charge in [0, 0.05) is 25.1 Å². The Morgan fingerprint density at radius 1 is 0.930 bits per heavy atom. The Labute approximate surface area is 249 Å². The van der Waals surface area contributed by atoms with E-state index >= 15 is 0 Å². The summed E-state index contributed by atoms with van der Waals surface area (Å²) in [6.07, 6.45) is -0.476. The van der Waals surface area contributed by atoms with Crippen molar-refractivity contribution in [3.05, 3.63) is 118 Å².